The fourth-order valence-electron chi connectivity index (χ4n) is 2.98. The van der Waals surface area contributed by atoms with Crippen LogP contribution in [0.2, 0.25) is 0 Å². The van der Waals surface area contributed by atoms with Crippen molar-refractivity contribution in [3.05, 3.63) is 36.5 Å². The van der Waals surface area contributed by atoms with E-state index in [2.05, 4.69) is 48.5 Å². The summed E-state index contributed by atoms with van der Waals surface area (Å²) in [5.41, 5.74) is 1.32. The first-order valence-corrected chi connectivity index (χ1v) is 7.67. The summed E-state index contributed by atoms with van der Waals surface area (Å²) in [4.78, 5) is 5.29. The first-order valence-electron chi connectivity index (χ1n) is 7.67. The molecule has 2 rings (SSSR count). The van der Waals surface area contributed by atoms with Crippen LogP contribution >= 0.6 is 0 Å². The molecule has 0 aromatic heterocycles. The fraction of sp³-hybridized carbons (Fsp3) is 0.647. The van der Waals surface area contributed by atoms with E-state index in [-0.39, 0.29) is 0 Å². The van der Waals surface area contributed by atoms with E-state index >= 15 is 0 Å². The molecule has 2 nitrogen and oxygen atoms in total. The lowest BCUT2D eigenvalue weighted by atomic mass is 9.90. The molecule has 0 bridgehead atoms. The first kappa shape index (κ1) is 14.5. The Morgan fingerprint density at radius 2 is 2.11 bits per heavy atom. The first-order chi connectivity index (χ1) is 9.24. The monoisotopic (exact) mass is 260 g/mol. The van der Waals surface area contributed by atoms with Crippen molar-refractivity contribution in [2.45, 2.75) is 45.2 Å². The largest absolute Gasteiger partial charge is 0.298 e. The Bertz CT molecular complexity index is 352. The van der Waals surface area contributed by atoms with Gasteiger partial charge in [0, 0.05) is 38.3 Å². The van der Waals surface area contributed by atoms with Gasteiger partial charge in [0.05, 0.1) is 0 Å². The average molecular weight is 260 g/mol. The van der Waals surface area contributed by atoms with Gasteiger partial charge in [-0.2, -0.15) is 0 Å². The molecular weight excluding hydrogens is 232 g/mol. The highest BCUT2D eigenvalue weighted by Crippen LogP contribution is 2.27. The lowest BCUT2D eigenvalue weighted by molar-refractivity contribution is 0.0346. The van der Waals surface area contributed by atoms with Gasteiger partial charge in [0.15, 0.2) is 0 Å². The van der Waals surface area contributed by atoms with E-state index in [0.717, 1.165) is 12.6 Å². The van der Waals surface area contributed by atoms with Crippen molar-refractivity contribution in [1.82, 2.24) is 9.80 Å². The number of hydrogen-bond donors (Lipinski definition) is 0. The zero-order valence-corrected chi connectivity index (χ0v) is 12.5. The predicted octanol–water partition coefficient (Wildman–Crippen LogP) is 3.23. The van der Waals surface area contributed by atoms with E-state index in [0.29, 0.717) is 6.04 Å². The van der Waals surface area contributed by atoms with Crippen molar-refractivity contribution < 1.29 is 0 Å². The van der Waals surface area contributed by atoms with Crippen molar-refractivity contribution in [2.24, 2.45) is 0 Å². The van der Waals surface area contributed by atoms with Crippen molar-refractivity contribution in [2.75, 3.05) is 26.2 Å². The van der Waals surface area contributed by atoms with Gasteiger partial charge in [-0.3, -0.25) is 9.80 Å². The van der Waals surface area contributed by atoms with Crippen LogP contribution < -0.4 is 0 Å². The third-order valence-corrected chi connectivity index (χ3v) is 4.54. The zero-order valence-electron chi connectivity index (χ0n) is 12.5. The minimum Gasteiger partial charge on any atom is -0.298 e. The molecule has 1 heterocycles. The molecule has 1 saturated carbocycles. The van der Waals surface area contributed by atoms with Gasteiger partial charge in [-0.15, -0.1) is 0 Å². The van der Waals surface area contributed by atoms with Crippen LogP contribution in [0.4, 0.5) is 0 Å². The highest BCUT2D eigenvalue weighted by molar-refractivity contribution is 5.23. The lowest BCUT2D eigenvalue weighted by Gasteiger charge is -2.46. The Morgan fingerprint density at radius 1 is 1.32 bits per heavy atom. The highest BCUT2D eigenvalue weighted by atomic mass is 15.3. The molecule has 1 aliphatic carbocycles. The lowest BCUT2D eigenvalue weighted by Crippen LogP contribution is -2.56. The molecule has 2 aliphatic rings. The Balaban J connectivity index is 1.86. The summed E-state index contributed by atoms with van der Waals surface area (Å²) in [6.07, 6.45) is 12.6. The molecular formula is C17H28N2. The summed E-state index contributed by atoms with van der Waals surface area (Å²) >= 11 is 0. The maximum Gasteiger partial charge on any atom is 0.0237 e. The van der Waals surface area contributed by atoms with Crippen LogP contribution in [0.3, 0.4) is 0 Å². The van der Waals surface area contributed by atoms with Gasteiger partial charge in [0.2, 0.25) is 0 Å². The van der Waals surface area contributed by atoms with E-state index in [9.17, 15) is 0 Å². The summed E-state index contributed by atoms with van der Waals surface area (Å²) in [6.45, 7) is 13.0. The smallest absolute Gasteiger partial charge is 0.0237 e. The fourth-order valence-corrected chi connectivity index (χ4v) is 2.98. The number of rotatable bonds is 5. The van der Waals surface area contributed by atoms with Crippen LogP contribution in [0.25, 0.3) is 0 Å². The molecule has 1 unspecified atom stereocenters. The van der Waals surface area contributed by atoms with Gasteiger partial charge in [-0.1, -0.05) is 37.3 Å². The van der Waals surface area contributed by atoms with Gasteiger partial charge in [0.1, 0.15) is 0 Å². The standard InChI is InChI=1S/C17H28N2/c1-4-6-8-16(5-2)14-18-11-12-19(13-15(18)3)17-9-7-10-17/h4-6,8,15,17H,2,7,9-14H2,1,3H3/b6-4-,16-8+. The van der Waals surface area contributed by atoms with Crippen LogP contribution in [0.5, 0.6) is 0 Å². The van der Waals surface area contributed by atoms with Crippen molar-refractivity contribution in [3.8, 4) is 0 Å². The van der Waals surface area contributed by atoms with E-state index in [1.165, 1.54) is 44.5 Å². The van der Waals surface area contributed by atoms with Gasteiger partial charge >= 0.3 is 0 Å². The second kappa shape index (κ2) is 7.06. The SMILES string of the molecule is C=C/C(=C\C=C/C)CN1CCN(C2CCC2)CC1C. The average Bonchev–Trinajstić information content (AvgIpc) is 2.35. The summed E-state index contributed by atoms with van der Waals surface area (Å²) in [5.74, 6) is 0. The third-order valence-electron chi connectivity index (χ3n) is 4.54. The molecule has 106 valence electrons. The molecule has 19 heavy (non-hydrogen) atoms. The Kier molecular flexibility index (Phi) is 5.41. The van der Waals surface area contributed by atoms with Gasteiger partial charge in [0.25, 0.3) is 0 Å². The molecule has 0 aromatic carbocycles. The van der Waals surface area contributed by atoms with Crippen molar-refractivity contribution >= 4 is 0 Å². The third kappa shape index (κ3) is 3.80. The molecule has 0 aromatic rings. The number of allylic oxidation sites excluding steroid dienone is 3. The Morgan fingerprint density at radius 3 is 2.63 bits per heavy atom. The Hall–Kier alpha value is -0.860. The molecule has 0 radical (unpaired) electrons. The van der Waals surface area contributed by atoms with Gasteiger partial charge in [-0.05, 0) is 32.3 Å². The second-order valence-electron chi connectivity index (χ2n) is 5.87. The van der Waals surface area contributed by atoms with Crippen LogP contribution in [0.15, 0.2) is 36.5 Å². The van der Waals surface area contributed by atoms with Crippen LogP contribution in [-0.2, 0) is 0 Å². The zero-order chi connectivity index (χ0) is 13.7. The van der Waals surface area contributed by atoms with Crippen molar-refractivity contribution in [1.29, 1.82) is 0 Å². The Labute approximate surface area is 118 Å². The normalized spacial score (nSPS) is 27.7. The second-order valence-corrected chi connectivity index (χ2v) is 5.87. The molecule has 0 spiro atoms. The van der Waals surface area contributed by atoms with Gasteiger partial charge in [-0.25, -0.2) is 0 Å². The maximum atomic E-state index is 3.93. The minimum absolute atomic E-state index is 0.656. The minimum atomic E-state index is 0.656. The van der Waals surface area contributed by atoms with E-state index in [1.54, 1.807) is 0 Å². The van der Waals surface area contributed by atoms with Gasteiger partial charge < -0.3 is 0 Å². The topological polar surface area (TPSA) is 6.48 Å². The number of piperazine rings is 1. The van der Waals surface area contributed by atoms with E-state index in [1.807, 2.05) is 6.08 Å². The van der Waals surface area contributed by atoms with Crippen LogP contribution in [0, 0.1) is 0 Å². The molecule has 2 fully saturated rings. The number of hydrogen-bond acceptors (Lipinski definition) is 2. The molecule has 1 aliphatic heterocycles. The molecule has 2 heteroatoms. The number of nitrogens with zero attached hydrogens (tertiary/aromatic N) is 2. The highest BCUT2D eigenvalue weighted by Gasteiger charge is 2.31. The van der Waals surface area contributed by atoms with Crippen LogP contribution in [0.1, 0.15) is 33.1 Å². The molecule has 1 atom stereocenters. The molecule has 0 amide bonds. The molecule has 0 N–H and O–H groups in total. The van der Waals surface area contributed by atoms with Crippen molar-refractivity contribution in [3.63, 3.8) is 0 Å². The van der Waals surface area contributed by atoms with E-state index in [4.69, 9.17) is 0 Å². The maximum absolute atomic E-state index is 3.93. The molecule has 1 saturated heterocycles. The summed E-state index contributed by atoms with van der Waals surface area (Å²) < 4.78 is 0. The summed E-state index contributed by atoms with van der Waals surface area (Å²) in [6, 6.07) is 1.55. The van der Waals surface area contributed by atoms with E-state index < -0.39 is 0 Å². The predicted molar refractivity (Wildman–Crippen MR) is 83.3 cm³/mol. The summed E-state index contributed by atoms with van der Waals surface area (Å²) in [7, 11) is 0. The summed E-state index contributed by atoms with van der Waals surface area (Å²) in [5, 5.41) is 0. The quantitative estimate of drug-likeness (QED) is 0.700. The van der Waals surface area contributed by atoms with Crippen LogP contribution in [-0.4, -0.2) is 48.1 Å².